The molecule has 2 aliphatic heterocycles. The van der Waals surface area contributed by atoms with E-state index in [4.69, 9.17) is 4.74 Å². The lowest BCUT2D eigenvalue weighted by molar-refractivity contribution is -0.148. The van der Waals surface area contributed by atoms with Gasteiger partial charge >= 0.3 is 5.97 Å². The average Bonchev–Trinajstić information content (AvgIpc) is 3.58. The summed E-state index contributed by atoms with van der Waals surface area (Å²) in [5.74, 6) is 0.144. The van der Waals surface area contributed by atoms with Crippen LogP contribution in [0, 0.1) is 0 Å². The van der Waals surface area contributed by atoms with Gasteiger partial charge in [0.15, 0.2) is 0 Å². The highest BCUT2D eigenvalue weighted by Crippen LogP contribution is 2.46. The second-order valence-corrected chi connectivity index (χ2v) is 11.5. The lowest BCUT2D eigenvalue weighted by atomic mass is 9.84. The lowest BCUT2D eigenvalue weighted by Crippen LogP contribution is -2.73. The molecule has 3 fully saturated rings. The van der Waals surface area contributed by atoms with E-state index < -0.39 is 15.6 Å². The number of methoxy groups -OCH3 is 1. The number of hydrogen-bond donors (Lipinski definition) is 0. The minimum Gasteiger partial charge on any atom is -0.469 e. The Kier molecular flexibility index (Phi) is 6.61. The van der Waals surface area contributed by atoms with E-state index in [0.717, 1.165) is 38.8 Å². The summed E-state index contributed by atoms with van der Waals surface area (Å²) >= 11 is 0. The van der Waals surface area contributed by atoms with Crippen molar-refractivity contribution in [3.63, 3.8) is 0 Å². The van der Waals surface area contributed by atoms with Crippen LogP contribution in [0.15, 0.2) is 30.3 Å². The van der Waals surface area contributed by atoms with E-state index in [2.05, 4.69) is 17.0 Å². The summed E-state index contributed by atoms with van der Waals surface area (Å²) in [7, 11) is -1.91. The maximum absolute atomic E-state index is 12.3. The number of hydrogen-bond acceptors (Lipinski definition) is 6. The Hall–Kier alpha value is -1.97. The maximum atomic E-state index is 12.3. The van der Waals surface area contributed by atoms with Crippen molar-refractivity contribution in [2.75, 3.05) is 39.0 Å². The first-order chi connectivity index (χ1) is 15.3. The predicted octanol–water partition coefficient (Wildman–Crippen LogP) is 1.43. The topological polar surface area (TPSA) is 87.2 Å². The number of benzene rings is 1. The van der Waals surface area contributed by atoms with Gasteiger partial charge in [-0.2, -0.15) is 4.31 Å². The first-order valence-corrected chi connectivity index (χ1v) is 13.0. The SMILES string of the molecule is CCS(=O)(=O)N1CC(CC(=O)OC)(N2CCC(N(C=O)[C@@H]3CC3c3ccccc3)CC2)C1. The highest BCUT2D eigenvalue weighted by molar-refractivity contribution is 7.89. The largest absolute Gasteiger partial charge is 0.469 e. The summed E-state index contributed by atoms with van der Waals surface area (Å²) in [5.41, 5.74) is 0.767. The highest BCUT2D eigenvalue weighted by atomic mass is 32.2. The molecule has 1 unspecified atom stereocenters. The number of ether oxygens (including phenoxy) is 1. The van der Waals surface area contributed by atoms with Gasteiger partial charge in [0.2, 0.25) is 16.4 Å². The monoisotopic (exact) mass is 463 g/mol. The Balaban J connectivity index is 1.39. The van der Waals surface area contributed by atoms with E-state index in [1.165, 1.54) is 17.0 Å². The number of rotatable bonds is 9. The quantitative estimate of drug-likeness (QED) is 0.407. The number of amides is 1. The van der Waals surface area contributed by atoms with E-state index >= 15 is 0 Å². The molecular formula is C23H33N3O5S. The zero-order valence-electron chi connectivity index (χ0n) is 18.9. The molecule has 8 nitrogen and oxygen atoms in total. The van der Waals surface area contributed by atoms with Gasteiger partial charge < -0.3 is 9.64 Å². The Bertz CT molecular complexity index is 924. The fraction of sp³-hybridized carbons (Fsp3) is 0.652. The van der Waals surface area contributed by atoms with Crippen LogP contribution in [-0.4, -0.2) is 91.6 Å². The number of sulfonamides is 1. The molecule has 4 rings (SSSR count). The van der Waals surface area contributed by atoms with Crippen molar-refractivity contribution in [2.45, 2.75) is 56.1 Å². The average molecular weight is 464 g/mol. The Morgan fingerprint density at radius 1 is 1.22 bits per heavy atom. The lowest BCUT2D eigenvalue weighted by Gasteiger charge is -2.56. The maximum Gasteiger partial charge on any atom is 0.307 e. The van der Waals surface area contributed by atoms with Crippen molar-refractivity contribution in [3.05, 3.63) is 35.9 Å². The molecule has 0 N–H and O–H groups in total. The first-order valence-electron chi connectivity index (χ1n) is 11.4. The zero-order chi connectivity index (χ0) is 22.9. The second-order valence-electron chi connectivity index (χ2n) is 9.24. The van der Waals surface area contributed by atoms with Crippen molar-refractivity contribution in [3.8, 4) is 0 Å². The molecule has 1 saturated carbocycles. The van der Waals surface area contributed by atoms with Crippen LogP contribution in [0.1, 0.15) is 44.1 Å². The number of likely N-dealkylation sites (tertiary alicyclic amines) is 1. The third-order valence-corrected chi connectivity index (χ3v) is 9.22. The molecule has 0 spiro atoms. The summed E-state index contributed by atoms with van der Waals surface area (Å²) < 4.78 is 30.9. The van der Waals surface area contributed by atoms with Gasteiger partial charge in [-0.05, 0) is 31.7 Å². The zero-order valence-corrected chi connectivity index (χ0v) is 19.7. The molecule has 2 saturated heterocycles. The van der Waals surface area contributed by atoms with Gasteiger partial charge in [-0.25, -0.2) is 8.42 Å². The molecule has 0 bridgehead atoms. The Morgan fingerprint density at radius 2 is 1.88 bits per heavy atom. The number of carbonyl (C=O) groups is 2. The van der Waals surface area contributed by atoms with Crippen LogP contribution < -0.4 is 0 Å². The minimum absolute atomic E-state index is 0.0572. The van der Waals surface area contributed by atoms with Gasteiger partial charge in [0, 0.05) is 44.2 Å². The summed E-state index contributed by atoms with van der Waals surface area (Å²) in [6.07, 6.45) is 3.82. The Morgan fingerprint density at radius 3 is 2.44 bits per heavy atom. The smallest absolute Gasteiger partial charge is 0.307 e. The molecular weight excluding hydrogens is 430 g/mol. The van der Waals surface area contributed by atoms with Crippen LogP contribution in [0.5, 0.6) is 0 Å². The number of nitrogens with zero attached hydrogens (tertiary/aromatic N) is 3. The standard InChI is InChI=1S/C23H33N3O5S/c1-3-32(29,30)25-15-23(16-25,14-22(28)31-2)24-11-9-19(10-12-24)26(17-27)21-13-20(21)18-7-5-4-6-8-18/h4-8,17,19-21H,3,9-16H2,1-2H3/t20?,21-/m1/s1. The van der Waals surface area contributed by atoms with Crippen molar-refractivity contribution >= 4 is 22.4 Å². The van der Waals surface area contributed by atoms with Crippen LogP contribution in [-0.2, 0) is 24.3 Å². The highest BCUT2D eigenvalue weighted by Gasteiger charge is 2.54. The van der Waals surface area contributed by atoms with E-state index in [0.29, 0.717) is 19.0 Å². The molecule has 9 heteroatoms. The fourth-order valence-corrected chi connectivity index (χ4v) is 6.64. The molecule has 2 atom stereocenters. The molecule has 1 amide bonds. The van der Waals surface area contributed by atoms with Gasteiger partial charge in [-0.3, -0.25) is 14.5 Å². The summed E-state index contributed by atoms with van der Waals surface area (Å²) in [6, 6.07) is 10.8. The van der Waals surface area contributed by atoms with Gasteiger partial charge in [0.05, 0.1) is 24.8 Å². The molecule has 1 aromatic carbocycles. The first kappa shape index (κ1) is 23.2. The van der Waals surface area contributed by atoms with Gasteiger partial charge in [0.25, 0.3) is 0 Å². The van der Waals surface area contributed by atoms with Gasteiger partial charge in [-0.15, -0.1) is 0 Å². The molecule has 1 aromatic rings. The molecule has 1 aliphatic carbocycles. The normalized spacial score (nSPS) is 26.2. The van der Waals surface area contributed by atoms with E-state index in [1.807, 2.05) is 23.1 Å². The van der Waals surface area contributed by atoms with Crippen molar-refractivity contribution in [2.24, 2.45) is 0 Å². The van der Waals surface area contributed by atoms with E-state index in [-0.39, 0.29) is 30.2 Å². The summed E-state index contributed by atoms with van der Waals surface area (Å²) in [4.78, 5) is 28.3. The van der Waals surface area contributed by atoms with Crippen molar-refractivity contribution in [1.82, 2.24) is 14.1 Å². The van der Waals surface area contributed by atoms with E-state index in [9.17, 15) is 18.0 Å². The van der Waals surface area contributed by atoms with Gasteiger partial charge in [-0.1, -0.05) is 30.3 Å². The van der Waals surface area contributed by atoms with Crippen LogP contribution in [0.3, 0.4) is 0 Å². The molecule has 32 heavy (non-hydrogen) atoms. The van der Waals surface area contributed by atoms with Crippen molar-refractivity contribution < 1.29 is 22.7 Å². The summed E-state index contributed by atoms with van der Waals surface area (Å²) in [6.45, 7) is 3.73. The van der Waals surface area contributed by atoms with Crippen LogP contribution >= 0.6 is 0 Å². The molecule has 3 aliphatic rings. The van der Waals surface area contributed by atoms with Gasteiger partial charge in [0.1, 0.15) is 0 Å². The van der Waals surface area contributed by atoms with Crippen molar-refractivity contribution in [1.29, 1.82) is 0 Å². The van der Waals surface area contributed by atoms with Crippen LogP contribution in [0.4, 0.5) is 0 Å². The summed E-state index contributed by atoms with van der Waals surface area (Å²) in [5, 5.41) is 0. The fourth-order valence-electron chi connectivity index (χ4n) is 5.40. The Labute approximate surface area is 190 Å². The minimum atomic E-state index is -3.28. The number of carbonyl (C=O) groups excluding carboxylic acids is 2. The van der Waals surface area contributed by atoms with E-state index in [1.54, 1.807) is 6.92 Å². The molecule has 176 valence electrons. The third-order valence-electron chi connectivity index (χ3n) is 7.45. The molecule has 0 radical (unpaired) electrons. The molecule has 2 heterocycles. The number of piperidine rings is 1. The van der Waals surface area contributed by atoms with Crippen LogP contribution in [0.2, 0.25) is 0 Å². The second kappa shape index (κ2) is 9.11. The number of esters is 1. The predicted molar refractivity (Wildman–Crippen MR) is 120 cm³/mol. The third kappa shape index (κ3) is 4.43. The van der Waals surface area contributed by atoms with Crippen LogP contribution in [0.25, 0.3) is 0 Å². The molecule has 0 aromatic heterocycles.